The first-order valence-electron chi connectivity index (χ1n) is 10.8. The molecule has 0 bridgehead atoms. The smallest absolute Gasteiger partial charge is 0.345 e. The third-order valence-electron chi connectivity index (χ3n) is 5.71. The molecule has 190 valence electrons. The summed E-state index contributed by atoms with van der Waals surface area (Å²) in [5.41, 5.74) is 0.616. The number of hydrogen-bond donors (Lipinski definition) is 1. The van der Waals surface area contributed by atoms with E-state index in [2.05, 4.69) is 15.3 Å². The number of rotatable bonds is 8. The summed E-state index contributed by atoms with van der Waals surface area (Å²) in [5, 5.41) is 15.8. The van der Waals surface area contributed by atoms with Gasteiger partial charge in [0.05, 0.1) is 36.8 Å². The maximum atomic E-state index is 13.2. The second-order valence-electron chi connectivity index (χ2n) is 7.73. The van der Waals surface area contributed by atoms with Crippen LogP contribution in [0.15, 0.2) is 23.7 Å². The average Bonchev–Trinajstić information content (AvgIpc) is 3.58. The van der Waals surface area contributed by atoms with E-state index in [0.717, 1.165) is 22.5 Å². The van der Waals surface area contributed by atoms with Gasteiger partial charge in [0.25, 0.3) is 11.8 Å². The minimum Gasteiger partial charge on any atom is -0.493 e. The van der Waals surface area contributed by atoms with Crippen molar-refractivity contribution >= 4 is 44.6 Å². The molecule has 1 saturated heterocycles. The van der Waals surface area contributed by atoms with Crippen molar-refractivity contribution in [3.63, 3.8) is 0 Å². The summed E-state index contributed by atoms with van der Waals surface area (Å²) < 4.78 is 16.1. The van der Waals surface area contributed by atoms with Crippen LogP contribution < -0.4 is 19.5 Å². The van der Waals surface area contributed by atoms with Gasteiger partial charge in [0.1, 0.15) is 11.9 Å². The van der Waals surface area contributed by atoms with Crippen LogP contribution in [0, 0.1) is 10.1 Å². The Balaban J connectivity index is 1.39. The summed E-state index contributed by atoms with van der Waals surface area (Å²) >= 11 is 2.15. The number of amides is 2. The highest BCUT2D eigenvalue weighted by atomic mass is 32.1. The fraction of sp³-hybridized carbons (Fsp3) is 0.364. The number of benzene rings is 1. The van der Waals surface area contributed by atoms with E-state index < -0.39 is 10.8 Å². The van der Waals surface area contributed by atoms with Gasteiger partial charge in [-0.25, -0.2) is 9.97 Å². The van der Waals surface area contributed by atoms with E-state index in [1.54, 1.807) is 22.4 Å². The van der Waals surface area contributed by atoms with E-state index >= 15 is 0 Å². The zero-order valence-corrected chi connectivity index (χ0v) is 21.3. The molecule has 36 heavy (non-hydrogen) atoms. The Morgan fingerprint density at radius 1 is 1.14 bits per heavy atom. The van der Waals surface area contributed by atoms with Crippen LogP contribution in [0.1, 0.15) is 44.6 Å². The fourth-order valence-corrected chi connectivity index (χ4v) is 5.52. The van der Waals surface area contributed by atoms with Crippen LogP contribution >= 0.6 is 22.7 Å². The summed E-state index contributed by atoms with van der Waals surface area (Å²) in [6, 6.07) is 3.34. The van der Waals surface area contributed by atoms with Gasteiger partial charge in [0, 0.05) is 24.4 Å². The molecule has 1 N–H and O–H groups in total. The molecule has 4 rings (SSSR count). The Kier molecular flexibility index (Phi) is 7.64. The molecule has 2 aromatic heterocycles. The number of nitrogens with one attached hydrogen (secondary N) is 1. The molecule has 3 heterocycles. The number of nitrogens with zero attached hydrogens (tertiary/aromatic N) is 4. The van der Waals surface area contributed by atoms with E-state index in [4.69, 9.17) is 14.2 Å². The highest BCUT2D eigenvalue weighted by molar-refractivity contribution is 7.18. The normalized spacial score (nSPS) is 13.8. The van der Waals surface area contributed by atoms with E-state index in [1.165, 1.54) is 32.7 Å². The van der Waals surface area contributed by atoms with Crippen molar-refractivity contribution in [2.45, 2.75) is 18.8 Å². The van der Waals surface area contributed by atoms with Gasteiger partial charge in [-0.15, -0.1) is 11.3 Å². The predicted octanol–water partition coefficient (Wildman–Crippen LogP) is 3.81. The van der Waals surface area contributed by atoms with Crippen molar-refractivity contribution in [3.05, 3.63) is 50.1 Å². The molecule has 0 unspecified atom stereocenters. The van der Waals surface area contributed by atoms with Crippen molar-refractivity contribution in [2.24, 2.45) is 0 Å². The average molecular weight is 534 g/mol. The first kappa shape index (κ1) is 25.3. The second-order valence-corrected chi connectivity index (χ2v) is 9.63. The van der Waals surface area contributed by atoms with Crippen LogP contribution in [0.2, 0.25) is 0 Å². The monoisotopic (exact) mass is 533 g/mol. The lowest BCUT2D eigenvalue weighted by atomic mass is 9.97. The lowest BCUT2D eigenvalue weighted by Gasteiger charge is -2.31. The summed E-state index contributed by atoms with van der Waals surface area (Å²) in [5.74, 6) is 0.625. The van der Waals surface area contributed by atoms with E-state index in [9.17, 15) is 19.7 Å². The number of thiazole rings is 2. The van der Waals surface area contributed by atoms with E-state index in [1.807, 2.05) is 0 Å². The SMILES string of the molecule is COc1ccc(C(=O)N2CCC(c3nc(C(=O)Nc4ncc([N+](=O)[O-])s4)cs3)CC2)c(OC)c1OC. The molecule has 0 atom stereocenters. The standard InChI is InChI=1S/C22H23N5O7S2/c1-32-15-5-4-13(17(33-2)18(15)34-3)21(29)26-8-6-12(7-9-26)20-24-14(11-35-20)19(28)25-22-23-10-16(36-22)27(30)31/h4-5,10-12H,6-9H2,1-3H3,(H,23,25,28). The van der Waals surface area contributed by atoms with Crippen molar-refractivity contribution in [3.8, 4) is 17.2 Å². The molecule has 0 spiro atoms. The Morgan fingerprint density at radius 2 is 1.86 bits per heavy atom. The molecule has 1 aromatic carbocycles. The van der Waals surface area contributed by atoms with Gasteiger partial charge >= 0.3 is 5.00 Å². The summed E-state index contributed by atoms with van der Waals surface area (Å²) in [4.78, 5) is 46.0. The highest BCUT2D eigenvalue weighted by Crippen LogP contribution is 2.41. The van der Waals surface area contributed by atoms with Crippen molar-refractivity contribution in [1.29, 1.82) is 0 Å². The number of ether oxygens (including phenoxy) is 3. The Bertz CT molecular complexity index is 1280. The molecule has 1 aliphatic heterocycles. The van der Waals surface area contributed by atoms with Crippen LogP contribution in [0.4, 0.5) is 10.1 Å². The van der Waals surface area contributed by atoms with E-state index in [-0.39, 0.29) is 27.7 Å². The third kappa shape index (κ3) is 5.09. The molecule has 0 saturated carbocycles. The predicted molar refractivity (Wildman–Crippen MR) is 133 cm³/mol. The number of methoxy groups -OCH3 is 3. The molecular formula is C22H23N5O7S2. The maximum absolute atomic E-state index is 13.2. The van der Waals surface area contributed by atoms with Crippen LogP contribution in [-0.4, -0.2) is 66.0 Å². The molecule has 0 aliphatic carbocycles. The number of piperidine rings is 1. The lowest BCUT2D eigenvalue weighted by molar-refractivity contribution is -0.380. The first-order valence-corrected chi connectivity index (χ1v) is 12.5. The van der Waals surface area contributed by atoms with Gasteiger partial charge in [-0.05, 0) is 36.3 Å². The number of carbonyl (C=O) groups excluding carboxylic acids is 2. The molecule has 3 aromatic rings. The van der Waals surface area contributed by atoms with Gasteiger partial charge in [0.15, 0.2) is 16.6 Å². The van der Waals surface area contributed by atoms with Crippen molar-refractivity contribution in [1.82, 2.24) is 14.9 Å². The number of hydrogen-bond acceptors (Lipinski definition) is 11. The van der Waals surface area contributed by atoms with Gasteiger partial charge in [-0.2, -0.15) is 0 Å². The Morgan fingerprint density at radius 3 is 2.47 bits per heavy atom. The zero-order valence-electron chi connectivity index (χ0n) is 19.7. The number of carbonyl (C=O) groups is 2. The Hall–Kier alpha value is -3.78. The third-order valence-corrected chi connectivity index (χ3v) is 7.59. The second kappa shape index (κ2) is 10.9. The van der Waals surface area contributed by atoms with Gasteiger partial charge < -0.3 is 19.1 Å². The van der Waals surface area contributed by atoms with Crippen LogP contribution in [-0.2, 0) is 0 Å². The highest BCUT2D eigenvalue weighted by Gasteiger charge is 2.30. The minimum absolute atomic E-state index is 0.105. The fourth-order valence-electron chi connectivity index (χ4n) is 3.92. The van der Waals surface area contributed by atoms with Crippen LogP contribution in [0.5, 0.6) is 17.2 Å². The topological polar surface area (TPSA) is 146 Å². The summed E-state index contributed by atoms with van der Waals surface area (Å²) in [6.45, 7) is 1.04. The number of nitro groups is 1. The van der Waals surface area contributed by atoms with Gasteiger partial charge in [-0.1, -0.05) is 0 Å². The number of likely N-dealkylation sites (tertiary alicyclic amines) is 1. The van der Waals surface area contributed by atoms with Gasteiger partial charge in [0.2, 0.25) is 5.75 Å². The quantitative estimate of drug-likeness (QED) is 0.337. The zero-order chi connectivity index (χ0) is 25.8. The molecule has 1 aliphatic rings. The van der Waals surface area contributed by atoms with Crippen LogP contribution in [0.25, 0.3) is 0 Å². The number of aromatic nitrogens is 2. The van der Waals surface area contributed by atoms with Crippen molar-refractivity contribution in [2.75, 3.05) is 39.7 Å². The molecule has 1 fully saturated rings. The first-order chi connectivity index (χ1) is 17.4. The lowest BCUT2D eigenvalue weighted by Crippen LogP contribution is -2.38. The minimum atomic E-state index is -0.563. The summed E-state index contributed by atoms with van der Waals surface area (Å²) in [6.07, 6.45) is 2.47. The van der Waals surface area contributed by atoms with E-state index in [0.29, 0.717) is 48.7 Å². The molecule has 0 radical (unpaired) electrons. The molecule has 2 amide bonds. The number of anilines is 1. The molecule has 12 nitrogen and oxygen atoms in total. The molecular weight excluding hydrogens is 510 g/mol. The molecule has 14 heteroatoms. The van der Waals surface area contributed by atoms with Crippen molar-refractivity contribution < 1.29 is 28.7 Å². The maximum Gasteiger partial charge on any atom is 0.345 e. The van der Waals surface area contributed by atoms with Gasteiger partial charge in [-0.3, -0.25) is 25.0 Å². The Labute approximate surface area is 214 Å². The summed E-state index contributed by atoms with van der Waals surface area (Å²) in [7, 11) is 4.48. The largest absolute Gasteiger partial charge is 0.493 e. The van der Waals surface area contributed by atoms with Crippen LogP contribution in [0.3, 0.4) is 0 Å².